The van der Waals surface area contributed by atoms with Crippen LogP contribution in [0.4, 0.5) is 0 Å². The molecule has 1 N–H and O–H groups in total. The van der Waals surface area contributed by atoms with Gasteiger partial charge in [-0.2, -0.15) is 0 Å². The summed E-state index contributed by atoms with van der Waals surface area (Å²) >= 11 is 0. The first-order chi connectivity index (χ1) is 6.50. The molecule has 1 aliphatic rings. The Morgan fingerprint density at radius 1 is 1.29 bits per heavy atom. The minimum Gasteiger partial charge on any atom is -0.409 e. The number of allylic oxidation sites excluding steroid dienone is 4. The molecule has 0 fully saturated rings. The Bertz CT molecular complexity index is 306. The number of hydrogen-bond acceptors (Lipinski definition) is 3. The van der Waals surface area contributed by atoms with E-state index in [1.54, 1.807) is 12.3 Å². The van der Waals surface area contributed by atoms with Crippen molar-refractivity contribution in [3.63, 3.8) is 0 Å². The maximum Gasteiger partial charge on any atom is 0.317 e. The number of hydrogen-bond donors (Lipinski definition) is 1. The van der Waals surface area contributed by atoms with E-state index in [1.807, 2.05) is 39.0 Å². The maximum absolute atomic E-state index is 11.5. The van der Waals surface area contributed by atoms with Gasteiger partial charge in [-0.05, 0) is 32.9 Å². The smallest absolute Gasteiger partial charge is 0.317 e. The van der Waals surface area contributed by atoms with Crippen LogP contribution in [0.25, 0.3) is 0 Å². The van der Waals surface area contributed by atoms with Crippen LogP contribution in [0.15, 0.2) is 36.4 Å². The van der Waals surface area contributed by atoms with E-state index in [2.05, 4.69) is 5.32 Å². The summed E-state index contributed by atoms with van der Waals surface area (Å²) in [6, 6.07) is 0. The molecule has 0 saturated carbocycles. The summed E-state index contributed by atoms with van der Waals surface area (Å²) in [7, 11) is 0. The van der Waals surface area contributed by atoms with Crippen molar-refractivity contribution in [3.05, 3.63) is 36.4 Å². The fourth-order valence-corrected chi connectivity index (χ4v) is 0.757. The van der Waals surface area contributed by atoms with Gasteiger partial charge in [-0.3, -0.25) is 4.79 Å². The highest BCUT2D eigenvalue weighted by atomic mass is 16.5. The molecular formula is C11H15NO2. The van der Waals surface area contributed by atoms with E-state index in [1.165, 1.54) is 0 Å². The minimum absolute atomic E-state index is 0.250. The zero-order valence-corrected chi connectivity index (χ0v) is 8.70. The summed E-state index contributed by atoms with van der Waals surface area (Å²) in [5.74, 6) is 0.204. The van der Waals surface area contributed by atoms with Gasteiger partial charge in [-0.1, -0.05) is 12.2 Å². The number of carbonyl (C=O) groups excluding carboxylic acids is 1. The summed E-state index contributed by atoms with van der Waals surface area (Å²) < 4.78 is 5.14. The van der Waals surface area contributed by atoms with Crippen LogP contribution in [0.2, 0.25) is 0 Å². The fraction of sp³-hybridized carbons (Fsp3) is 0.364. The van der Waals surface area contributed by atoms with Crippen molar-refractivity contribution in [1.29, 1.82) is 0 Å². The lowest BCUT2D eigenvalue weighted by atomic mass is 9.97. The van der Waals surface area contributed by atoms with Crippen LogP contribution in [0, 0.1) is 5.41 Å². The number of nitrogens with one attached hydrogen (secondary N) is 1. The van der Waals surface area contributed by atoms with Crippen LogP contribution < -0.4 is 5.32 Å². The van der Waals surface area contributed by atoms with Gasteiger partial charge in [-0.25, -0.2) is 0 Å². The third-order valence-corrected chi connectivity index (χ3v) is 1.61. The van der Waals surface area contributed by atoms with Gasteiger partial charge in [0.2, 0.25) is 5.88 Å². The first-order valence-corrected chi connectivity index (χ1v) is 4.52. The van der Waals surface area contributed by atoms with E-state index in [4.69, 9.17) is 4.74 Å². The SMILES string of the molecule is CC(C)(C)C(=O)OC1=CC=CC=CN1. The molecule has 0 aromatic carbocycles. The minimum atomic E-state index is -0.484. The van der Waals surface area contributed by atoms with Crippen LogP contribution in [0.1, 0.15) is 20.8 Å². The number of rotatable bonds is 1. The zero-order valence-electron chi connectivity index (χ0n) is 8.70. The van der Waals surface area contributed by atoms with E-state index >= 15 is 0 Å². The molecule has 1 heterocycles. The molecule has 0 saturated heterocycles. The molecule has 0 aliphatic carbocycles. The third-order valence-electron chi connectivity index (χ3n) is 1.61. The highest BCUT2D eigenvalue weighted by Gasteiger charge is 2.24. The molecule has 1 rings (SSSR count). The molecule has 3 heteroatoms. The van der Waals surface area contributed by atoms with E-state index in [9.17, 15) is 4.79 Å². The van der Waals surface area contributed by atoms with Crippen LogP contribution >= 0.6 is 0 Å². The lowest BCUT2D eigenvalue weighted by Crippen LogP contribution is -2.25. The lowest BCUT2D eigenvalue weighted by molar-refractivity contribution is -0.148. The Kier molecular flexibility index (Phi) is 3.12. The van der Waals surface area contributed by atoms with Crippen molar-refractivity contribution in [2.75, 3.05) is 0 Å². The second-order valence-corrected chi connectivity index (χ2v) is 4.06. The summed E-state index contributed by atoms with van der Waals surface area (Å²) in [4.78, 5) is 11.5. The number of carbonyl (C=O) groups is 1. The molecule has 0 aromatic rings. The fourth-order valence-electron chi connectivity index (χ4n) is 0.757. The van der Waals surface area contributed by atoms with Crippen LogP contribution in [0.3, 0.4) is 0 Å². The predicted octanol–water partition coefficient (Wildman–Crippen LogP) is 2.09. The van der Waals surface area contributed by atoms with Crippen LogP contribution in [0.5, 0.6) is 0 Å². The summed E-state index contributed by atoms with van der Waals surface area (Å²) in [5.41, 5.74) is -0.484. The monoisotopic (exact) mass is 193 g/mol. The van der Waals surface area contributed by atoms with E-state index in [0.717, 1.165) is 0 Å². The molecule has 3 nitrogen and oxygen atoms in total. The van der Waals surface area contributed by atoms with Gasteiger partial charge < -0.3 is 10.1 Å². The zero-order chi connectivity index (χ0) is 10.6. The van der Waals surface area contributed by atoms with Gasteiger partial charge in [0.15, 0.2) is 0 Å². The topological polar surface area (TPSA) is 38.3 Å². The van der Waals surface area contributed by atoms with Crippen molar-refractivity contribution in [2.24, 2.45) is 5.41 Å². The predicted molar refractivity (Wildman–Crippen MR) is 55.0 cm³/mol. The Morgan fingerprint density at radius 3 is 2.64 bits per heavy atom. The summed E-state index contributed by atoms with van der Waals surface area (Å²) in [5, 5.41) is 2.86. The lowest BCUT2D eigenvalue weighted by Gasteiger charge is -2.17. The van der Waals surface area contributed by atoms with Crippen molar-refractivity contribution >= 4 is 5.97 Å². The van der Waals surface area contributed by atoms with Crippen LogP contribution in [-0.2, 0) is 9.53 Å². The highest BCUT2D eigenvalue weighted by molar-refractivity contribution is 5.76. The van der Waals surface area contributed by atoms with E-state index < -0.39 is 5.41 Å². The second kappa shape index (κ2) is 4.13. The standard InChI is InChI=1S/C11H15NO2/c1-11(2,3)10(13)14-9-7-5-4-6-8-12-9/h4-8,12H,1-3H3. The quantitative estimate of drug-likeness (QED) is 0.648. The molecule has 1 aliphatic heterocycles. The molecule has 0 atom stereocenters. The Morgan fingerprint density at radius 2 is 2.00 bits per heavy atom. The average molecular weight is 193 g/mol. The molecule has 14 heavy (non-hydrogen) atoms. The third kappa shape index (κ3) is 3.09. The van der Waals surface area contributed by atoms with Gasteiger partial charge in [0.05, 0.1) is 5.41 Å². The highest BCUT2D eigenvalue weighted by Crippen LogP contribution is 2.16. The molecule has 0 unspecified atom stereocenters. The van der Waals surface area contributed by atoms with Gasteiger partial charge in [0.25, 0.3) is 0 Å². The van der Waals surface area contributed by atoms with E-state index in [0.29, 0.717) is 5.88 Å². The molecule has 76 valence electrons. The number of esters is 1. The summed E-state index contributed by atoms with van der Waals surface area (Å²) in [6.07, 6.45) is 8.91. The first-order valence-electron chi connectivity index (χ1n) is 4.52. The molecule has 0 amide bonds. The maximum atomic E-state index is 11.5. The van der Waals surface area contributed by atoms with Gasteiger partial charge in [-0.15, -0.1) is 0 Å². The largest absolute Gasteiger partial charge is 0.409 e. The van der Waals surface area contributed by atoms with Gasteiger partial charge in [0.1, 0.15) is 0 Å². The molecule has 0 bridgehead atoms. The Hall–Kier alpha value is -1.51. The second-order valence-electron chi connectivity index (χ2n) is 4.06. The van der Waals surface area contributed by atoms with Gasteiger partial charge in [0, 0.05) is 6.20 Å². The molecular weight excluding hydrogens is 178 g/mol. The number of ether oxygens (including phenoxy) is 1. The van der Waals surface area contributed by atoms with Crippen molar-refractivity contribution in [1.82, 2.24) is 5.32 Å². The molecule has 0 aromatic heterocycles. The van der Waals surface area contributed by atoms with E-state index in [-0.39, 0.29) is 5.97 Å². The average Bonchev–Trinajstić information content (AvgIpc) is 2.31. The molecule has 0 radical (unpaired) electrons. The normalized spacial score (nSPS) is 15.5. The van der Waals surface area contributed by atoms with Crippen molar-refractivity contribution in [3.8, 4) is 0 Å². The van der Waals surface area contributed by atoms with Gasteiger partial charge >= 0.3 is 5.97 Å². The summed E-state index contributed by atoms with van der Waals surface area (Å²) in [6.45, 7) is 5.45. The van der Waals surface area contributed by atoms with Crippen molar-refractivity contribution in [2.45, 2.75) is 20.8 Å². The van der Waals surface area contributed by atoms with Crippen molar-refractivity contribution < 1.29 is 9.53 Å². The molecule has 0 spiro atoms. The Balaban J connectivity index is 2.61. The Labute approximate surface area is 84.1 Å². The first kappa shape index (κ1) is 10.6. The van der Waals surface area contributed by atoms with Crippen LogP contribution in [-0.4, -0.2) is 5.97 Å².